The average Bonchev–Trinajstić information content (AvgIpc) is 2.85. The maximum absolute atomic E-state index is 11.7. The number of methoxy groups -OCH3 is 2. The lowest BCUT2D eigenvalue weighted by atomic mass is 9.69. The van der Waals surface area contributed by atoms with Gasteiger partial charge in [-0.2, -0.15) is 0 Å². The van der Waals surface area contributed by atoms with E-state index >= 15 is 0 Å². The third kappa shape index (κ3) is 5.67. The summed E-state index contributed by atoms with van der Waals surface area (Å²) in [5.41, 5.74) is 1.37. The van der Waals surface area contributed by atoms with Crippen LogP contribution in [0.5, 0.6) is 11.5 Å². The van der Waals surface area contributed by atoms with E-state index in [4.69, 9.17) is 9.47 Å². The molecule has 1 amide bonds. The van der Waals surface area contributed by atoms with Crippen LogP contribution >= 0.6 is 0 Å². The summed E-state index contributed by atoms with van der Waals surface area (Å²) in [7, 11) is 6.95. The normalized spacial score (nSPS) is 19.4. The Hall–Kier alpha value is -2.44. The lowest BCUT2D eigenvalue weighted by molar-refractivity contribution is -0.121. The fourth-order valence-corrected chi connectivity index (χ4v) is 5.26. The third-order valence-electron chi connectivity index (χ3n) is 7.27. The van der Waals surface area contributed by atoms with E-state index in [-0.39, 0.29) is 11.3 Å². The molecule has 2 fully saturated rings. The highest BCUT2D eigenvalue weighted by molar-refractivity contribution is 5.80. The fraction of sp³-hybridized carbons (Fsp3) is 0.680. The molecule has 0 unspecified atom stereocenters. The Labute approximate surface area is 192 Å². The van der Waals surface area contributed by atoms with E-state index in [2.05, 4.69) is 32.7 Å². The van der Waals surface area contributed by atoms with Crippen LogP contribution in [-0.2, 0) is 10.2 Å². The SMILES string of the molecule is CN=C(NCC1(c2ccc(OC)c(OC)c2)CCCCC1)N1CCC(CC(=O)NC)CC1. The summed E-state index contributed by atoms with van der Waals surface area (Å²) in [5, 5.41) is 6.45. The lowest BCUT2D eigenvalue weighted by Crippen LogP contribution is -2.50. The van der Waals surface area contributed by atoms with Crippen LogP contribution < -0.4 is 20.1 Å². The Morgan fingerprint density at radius 1 is 1.12 bits per heavy atom. The molecule has 1 saturated carbocycles. The van der Waals surface area contributed by atoms with Crippen molar-refractivity contribution in [3.8, 4) is 11.5 Å². The second-order valence-corrected chi connectivity index (χ2v) is 9.12. The molecule has 2 N–H and O–H groups in total. The van der Waals surface area contributed by atoms with Gasteiger partial charge in [0, 0.05) is 45.6 Å². The van der Waals surface area contributed by atoms with Crippen LogP contribution in [0, 0.1) is 5.92 Å². The van der Waals surface area contributed by atoms with Gasteiger partial charge >= 0.3 is 0 Å². The molecular weight excluding hydrogens is 404 g/mol. The van der Waals surface area contributed by atoms with E-state index < -0.39 is 0 Å². The maximum Gasteiger partial charge on any atom is 0.220 e. The molecule has 0 radical (unpaired) electrons. The van der Waals surface area contributed by atoms with E-state index in [1.165, 1.54) is 24.8 Å². The summed E-state index contributed by atoms with van der Waals surface area (Å²) < 4.78 is 11.0. The molecule has 1 aromatic carbocycles. The smallest absolute Gasteiger partial charge is 0.220 e. The second kappa shape index (κ2) is 11.4. The van der Waals surface area contributed by atoms with E-state index in [9.17, 15) is 4.79 Å². The highest BCUT2D eigenvalue weighted by Crippen LogP contribution is 2.42. The molecule has 0 spiro atoms. The van der Waals surface area contributed by atoms with Crippen molar-refractivity contribution in [2.24, 2.45) is 10.9 Å². The number of ether oxygens (including phenoxy) is 2. The van der Waals surface area contributed by atoms with Gasteiger partial charge in [0.25, 0.3) is 0 Å². The standard InChI is InChI=1S/C25H40N4O3/c1-26-23(30)16-19-10-14-29(15-11-19)24(27-2)28-18-25(12-6-5-7-13-25)20-8-9-21(31-3)22(17-20)32-4/h8-9,17,19H,5-7,10-16,18H2,1-4H3,(H,26,30)(H,27,28). The first-order chi connectivity index (χ1) is 15.5. The van der Waals surface area contributed by atoms with E-state index in [1.54, 1.807) is 21.3 Å². The van der Waals surface area contributed by atoms with Crippen molar-refractivity contribution in [2.75, 3.05) is 47.9 Å². The Bertz CT molecular complexity index is 781. The fourth-order valence-electron chi connectivity index (χ4n) is 5.26. The quantitative estimate of drug-likeness (QED) is 0.498. The molecule has 0 atom stereocenters. The first kappa shape index (κ1) is 24.2. The summed E-state index contributed by atoms with van der Waals surface area (Å²) in [6.45, 7) is 2.72. The zero-order valence-electron chi connectivity index (χ0n) is 20.2. The minimum atomic E-state index is 0.0608. The molecule has 1 aliphatic carbocycles. The van der Waals surface area contributed by atoms with Crippen LogP contribution in [0.3, 0.4) is 0 Å². The highest BCUT2D eigenvalue weighted by Gasteiger charge is 2.35. The predicted molar refractivity (Wildman–Crippen MR) is 129 cm³/mol. The first-order valence-electron chi connectivity index (χ1n) is 11.9. The number of nitrogens with zero attached hydrogens (tertiary/aromatic N) is 2. The molecule has 7 nitrogen and oxygen atoms in total. The number of likely N-dealkylation sites (tertiary alicyclic amines) is 1. The van der Waals surface area contributed by atoms with Crippen LogP contribution in [0.4, 0.5) is 0 Å². The molecular formula is C25H40N4O3. The van der Waals surface area contributed by atoms with Gasteiger partial charge in [-0.15, -0.1) is 0 Å². The Morgan fingerprint density at radius 2 is 1.81 bits per heavy atom. The molecule has 32 heavy (non-hydrogen) atoms. The number of hydrogen-bond donors (Lipinski definition) is 2. The summed E-state index contributed by atoms with van der Waals surface area (Å²) in [4.78, 5) is 18.6. The lowest BCUT2D eigenvalue weighted by Gasteiger charge is -2.40. The van der Waals surface area contributed by atoms with Crippen LogP contribution in [0.2, 0.25) is 0 Å². The molecule has 0 bridgehead atoms. The Morgan fingerprint density at radius 3 is 2.41 bits per heavy atom. The van der Waals surface area contributed by atoms with Gasteiger partial charge in [-0.25, -0.2) is 0 Å². The van der Waals surface area contributed by atoms with Crippen molar-refractivity contribution in [3.05, 3.63) is 23.8 Å². The minimum absolute atomic E-state index is 0.0608. The third-order valence-corrected chi connectivity index (χ3v) is 7.27. The molecule has 1 aliphatic heterocycles. The molecule has 1 heterocycles. The summed E-state index contributed by atoms with van der Waals surface area (Å²) in [6.07, 6.45) is 8.74. The zero-order valence-corrected chi connectivity index (χ0v) is 20.2. The van der Waals surface area contributed by atoms with Gasteiger partial charge in [-0.1, -0.05) is 25.3 Å². The zero-order chi connectivity index (χ0) is 23.0. The van der Waals surface area contributed by atoms with E-state index in [0.717, 1.165) is 62.8 Å². The number of piperidine rings is 1. The van der Waals surface area contributed by atoms with Crippen molar-refractivity contribution in [1.82, 2.24) is 15.5 Å². The number of nitrogens with one attached hydrogen (secondary N) is 2. The van der Waals surface area contributed by atoms with E-state index in [0.29, 0.717) is 12.3 Å². The molecule has 0 aromatic heterocycles. The summed E-state index contributed by atoms with van der Waals surface area (Å²) in [6, 6.07) is 6.37. The largest absolute Gasteiger partial charge is 0.493 e. The van der Waals surface area contributed by atoms with Crippen molar-refractivity contribution < 1.29 is 14.3 Å². The summed E-state index contributed by atoms with van der Waals surface area (Å²) >= 11 is 0. The van der Waals surface area contributed by atoms with Gasteiger partial charge < -0.3 is 25.0 Å². The van der Waals surface area contributed by atoms with Crippen LogP contribution in [0.15, 0.2) is 23.2 Å². The minimum Gasteiger partial charge on any atom is -0.493 e. The topological polar surface area (TPSA) is 75.2 Å². The van der Waals surface area contributed by atoms with Crippen LogP contribution in [0.1, 0.15) is 56.9 Å². The first-order valence-corrected chi connectivity index (χ1v) is 11.9. The van der Waals surface area contributed by atoms with Gasteiger partial charge in [0.2, 0.25) is 5.91 Å². The van der Waals surface area contributed by atoms with Gasteiger partial charge in [0.1, 0.15) is 0 Å². The molecule has 178 valence electrons. The molecule has 1 aromatic rings. The van der Waals surface area contributed by atoms with Crippen LogP contribution in [-0.4, -0.2) is 64.7 Å². The second-order valence-electron chi connectivity index (χ2n) is 9.12. The van der Waals surface area contributed by atoms with Crippen molar-refractivity contribution in [1.29, 1.82) is 0 Å². The number of amides is 1. The molecule has 2 aliphatic rings. The maximum atomic E-state index is 11.7. The van der Waals surface area contributed by atoms with Crippen molar-refractivity contribution in [2.45, 2.75) is 56.8 Å². The number of carbonyl (C=O) groups excluding carboxylic acids is 1. The Balaban J connectivity index is 1.68. The van der Waals surface area contributed by atoms with Crippen LogP contribution in [0.25, 0.3) is 0 Å². The molecule has 3 rings (SSSR count). The number of hydrogen-bond acceptors (Lipinski definition) is 4. The van der Waals surface area contributed by atoms with Gasteiger partial charge in [0.05, 0.1) is 14.2 Å². The number of aliphatic imine (C=N–C) groups is 1. The van der Waals surface area contributed by atoms with Gasteiger partial charge in [-0.05, 0) is 49.3 Å². The predicted octanol–water partition coefficient (Wildman–Crippen LogP) is 3.33. The number of rotatable bonds is 7. The number of benzene rings is 1. The van der Waals surface area contributed by atoms with Gasteiger partial charge in [-0.3, -0.25) is 9.79 Å². The van der Waals surface area contributed by atoms with Gasteiger partial charge in [0.15, 0.2) is 17.5 Å². The highest BCUT2D eigenvalue weighted by atomic mass is 16.5. The number of carbonyl (C=O) groups is 1. The van der Waals surface area contributed by atoms with E-state index in [1.807, 2.05) is 13.1 Å². The number of guanidine groups is 1. The average molecular weight is 445 g/mol. The van der Waals surface area contributed by atoms with Crippen molar-refractivity contribution in [3.63, 3.8) is 0 Å². The monoisotopic (exact) mass is 444 g/mol. The van der Waals surface area contributed by atoms with Crippen molar-refractivity contribution >= 4 is 11.9 Å². The molecule has 7 heteroatoms. The molecule has 1 saturated heterocycles. The Kier molecular flexibility index (Phi) is 8.65. The summed E-state index contributed by atoms with van der Waals surface area (Å²) in [5.74, 6) is 3.12.